The maximum absolute atomic E-state index is 11.9. The molecular weight excluding hydrogens is 294 g/mol. The van der Waals surface area contributed by atoms with Crippen molar-refractivity contribution in [3.8, 4) is 11.4 Å². The first-order valence-corrected chi connectivity index (χ1v) is 7.13. The summed E-state index contributed by atoms with van der Waals surface area (Å²) >= 11 is 0. The Kier molecular flexibility index (Phi) is 4.63. The molecule has 3 rings (SSSR count). The predicted octanol–water partition coefficient (Wildman–Crippen LogP) is 2.50. The fraction of sp³-hybridized carbons (Fsp3) is 0.118. The Labute approximate surface area is 133 Å². The van der Waals surface area contributed by atoms with Crippen LogP contribution in [0.2, 0.25) is 0 Å². The lowest BCUT2D eigenvalue weighted by molar-refractivity contribution is 0.0450. The topological polar surface area (TPSA) is 66.2 Å². The van der Waals surface area contributed by atoms with Crippen molar-refractivity contribution in [2.75, 3.05) is 13.2 Å². The smallest absolute Gasteiger partial charge is 0.338 e. The predicted molar refractivity (Wildman–Crippen MR) is 83.6 cm³/mol. The number of carbonyl (C=O) groups is 1. The zero-order valence-corrected chi connectivity index (χ0v) is 12.3. The zero-order valence-electron chi connectivity index (χ0n) is 12.3. The number of hydrogen-bond donors (Lipinski definition) is 0. The first-order chi connectivity index (χ1) is 11.3. The maximum Gasteiger partial charge on any atom is 0.338 e. The summed E-state index contributed by atoms with van der Waals surface area (Å²) in [6.45, 7) is 0.505. The SMILES string of the molecule is O=C(OCCOc1ccccc1)c1ccc(-n2cncn2)cc1. The summed E-state index contributed by atoms with van der Waals surface area (Å²) < 4.78 is 12.3. The summed E-state index contributed by atoms with van der Waals surface area (Å²) in [7, 11) is 0. The molecule has 0 saturated heterocycles. The molecule has 1 heterocycles. The van der Waals surface area contributed by atoms with Gasteiger partial charge in [-0.2, -0.15) is 5.10 Å². The molecule has 6 heteroatoms. The minimum atomic E-state index is -0.383. The highest BCUT2D eigenvalue weighted by Gasteiger charge is 2.07. The lowest BCUT2D eigenvalue weighted by atomic mass is 10.2. The van der Waals surface area contributed by atoms with Gasteiger partial charge in [-0.05, 0) is 36.4 Å². The number of esters is 1. The van der Waals surface area contributed by atoms with E-state index < -0.39 is 0 Å². The highest BCUT2D eigenvalue weighted by atomic mass is 16.6. The molecule has 2 aromatic carbocycles. The van der Waals surface area contributed by atoms with Gasteiger partial charge in [0.2, 0.25) is 0 Å². The standard InChI is InChI=1S/C17H15N3O3/c21-17(23-11-10-22-16-4-2-1-3-5-16)14-6-8-15(9-7-14)20-13-18-12-19-20/h1-9,12-13H,10-11H2. The largest absolute Gasteiger partial charge is 0.490 e. The van der Waals surface area contributed by atoms with Crippen molar-refractivity contribution in [1.29, 1.82) is 0 Å². The van der Waals surface area contributed by atoms with Crippen LogP contribution in [0.15, 0.2) is 67.3 Å². The maximum atomic E-state index is 11.9. The molecule has 0 radical (unpaired) electrons. The summed E-state index contributed by atoms with van der Waals surface area (Å²) in [5.41, 5.74) is 1.31. The molecule has 23 heavy (non-hydrogen) atoms. The second kappa shape index (κ2) is 7.22. The van der Waals surface area contributed by atoms with Gasteiger partial charge in [-0.25, -0.2) is 14.5 Å². The molecule has 0 spiro atoms. The molecule has 0 amide bonds. The molecule has 0 unspecified atom stereocenters. The quantitative estimate of drug-likeness (QED) is 0.517. The Hall–Kier alpha value is -3.15. The zero-order chi connectivity index (χ0) is 15.9. The molecule has 0 fully saturated rings. The number of aromatic nitrogens is 3. The summed E-state index contributed by atoms with van der Waals surface area (Å²) in [5.74, 6) is 0.368. The first-order valence-electron chi connectivity index (χ1n) is 7.13. The van der Waals surface area contributed by atoms with Gasteiger partial charge in [0.1, 0.15) is 31.6 Å². The summed E-state index contributed by atoms with van der Waals surface area (Å²) in [5, 5.41) is 4.02. The van der Waals surface area contributed by atoms with Crippen LogP contribution in [0, 0.1) is 0 Å². The fourth-order valence-electron chi connectivity index (χ4n) is 1.99. The van der Waals surface area contributed by atoms with Crippen molar-refractivity contribution in [3.05, 3.63) is 72.8 Å². The number of hydrogen-bond acceptors (Lipinski definition) is 5. The molecule has 0 atom stereocenters. The van der Waals surface area contributed by atoms with Crippen LogP contribution < -0.4 is 4.74 Å². The average Bonchev–Trinajstić information content (AvgIpc) is 3.14. The van der Waals surface area contributed by atoms with Crippen LogP contribution in [-0.2, 0) is 4.74 Å². The number of rotatable bonds is 6. The molecule has 6 nitrogen and oxygen atoms in total. The van der Waals surface area contributed by atoms with Crippen LogP contribution in [0.5, 0.6) is 5.75 Å². The van der Waals surface area contributed by atoms with Crippen LogP contribution in [0.4, 0.5) is 0 Å². The molecule has 0 aliphatic carbocycles. The van der Waals surface area contributed by atoms with Gasteiger partial charge in [-0.1, -0.05) is 18.2 Å². The van der Waals surface area contributed by atoms with Gasteiger partial charge in [0.15, 0.2) is 0 Å². The average molecular weight is 309 g/mol. The third-order valence-electron chi connectivity index (χ3n) is 3.11. The Morgan fingerprint density at radius 2 is 1.78 bits per heavy atom. The van der Waals surface area contributed by atoms with Crippen LogP contribution >= 0.6 is 0 Å². The highest BCUT2D eigenvalue weighted by Crippen LogP contribution is 2.10. The Morgan fingerprint density at radius 3 is 2.48 bits per heavy atom. The molecule has 0 N–H and O–H groups in total. The molecule has 3 aromatic rings. The molecule has 0 aliphatic rings. The van der Waals surface area contributed by atoms with Crippen LogP contribution in [0.25, 0.3) is 5.69 Å². The van der Waals surface area contributed by atoms with Gasteiger partial charge < -0.3 is 9.47 Å². The molecule has 1 aromatic heterocycles. The molecule has 0 aliphatic heterocycles. The van der Waals surface area contributed by atoms with Gasteiger partial charge in [-0.3, -0.25) is 0 Å². The summed E-state index contributed by atoms with van der Waals surface area (Å²) in [6.07, 6.45) is 3.04. The van der Waals surface area contributed by atoms with Crippen molar-refractivity contribution >= 4 is 5.97 Å². The Bertz CT molecular complexity index is 741. The Morgan fingerprint density at radius 1 is 1.00 bits per heavy atom. The highest BCUT2D eigenvalue weighted by molar-refractivity contribution is 5.89. The summed E-state index contributed by atoms with van der Waals surface area (Å²) in [6, 6.07) is 16.3. The van der Waals surface area contributed by atoms with Gasteiger partial charge in [0.05, 0.1) is 11.3 Å². The Balaban J connectivity index is 1.48. The third-order valence-corrected chi connectivity index (χ3v) is 3.11. The van der Waals surface area contributed by atoms with E-state index in [1.54, 1.807) is 35.3 Å². The molecular formula is C17H15N3O3. The van der Waals surface area contributed by atoms with Crippen molar-refractivity contribution in [2.24, 2.45) is 0 Å². The number of nitrogens with zero attached hydrogens (tertiary/aromatic N) is 3. The van der Waals surface area contributed by atoms with E-state index in [1.807, 2.05) is 30.3 Å². The van der Waals surface area contributed by atoms with Crippen LogP contribution in [0.3, 0.4) is 0 Å². The monoisotopic (exact) mass is 309 g/mol. The minimum Gasteiger partial charge on any atom is -0.490 e. The van der Waals surface area contributed by atoms with E-state index in [1.165, 1.54) is 6.33 Å². The van der Waals surface area contributed by atoms with Crippen molar-refractivity contribution < 1.29 is 14.3 Å². The molecule has 116 valence electrons. The normalized spacial score (nSPS) is 10.3. The van der Waals surface area contributed by atoms with E-state index in [4.69, 9.17) is 9.47 Å². The van der Waals surface area contributed by atoms with Gasteiger partial charge in [0, 0.05) is 0 Å². The van der Waals surface area contributed by atoms with Gasteiger partial charge in [-0.15, -0.1) is 0 Å². The third kappa shape index (κ3) is 3.94. The van der Waals surface area contributed by atoms with E-state index in [2.05, 4.69) is 10.1 Å². The second-order valence-corrected chi connectivity index (χ2v) is 4.68. The van der Waals surface area contributed by atoms with E-state index in [0.717, 1.165) is 11.4 Å². The lowest BCUT2D eigenvalue weighted by Crippen LogP contribution is -2.12. The number of carbonyl (C=O) groups excluding carboxylic acids is 1. The minimum absolute atomic E-state index is 0.193. The van der Waals surface area contributed by atoms with Gasteiger partial charge >= 0.3 is 5.97 Å². The second-order valence-electron chi connectivity index (χ2n) is 4.68. The molecule has 0 saturated carbocycles. The van der Waals surface area contributed by atoms with Crippen molar-refractivity contribution in [3.63, 3.8) is 0 Å². The number of ether oxygens (including phenoxy) is 2. The van der Waals surface area contributed by atoms with Crippen LogP contribution in [0.1, 0.15) is 10.4 Å². The van der Waals surface area contributed by atoms with Crippen molar-refractivity contribution in [1.82, 2.24) is 14.8 Å². The lowest BCUT2D eigenvalue weighted by Gasteiger charge is -2.07. The van der Waals surface area contributed by atoms with Crippen molar-refractivity contribution in [2.45, 2.75) is 0 Å². The summed E-state index contributed by atoms with van der Waals surface area (Å²) in [4.78, 5) is 15.8. The van der Waals surface area contributed by atoms with E-state index >= 15 is 0 Å². The van der Waals surface area contributed by atoms with Crippen LogP contribution in [-0.4, -0.2) is 33.9 Å². The van der Waals surface area contributed by atoms with E-state index in [0.29, 0.717) is 12.2 Å². The first kappa shape index (κ1) is 14.8. The number of benzene rings is 2. The fourth-order valence-corrected chi connectivity index (χ4v) is 1.99. The van der Waals surface area contributed by atoms with Gasteiger partial charge in [0.25, 0.3) is 0 Å². The van der Waals surface area contributed by atoms with E-state index in [9.17, 15) is 4.79 Å². The molecule has 0 bridgehead atoms. The van der Waals surface area contributed by atoms with E-state index in [-0.39, 0.29) is 12.6 Å². The number of para-hydroxylation sites is 1.